The van der Waals surface area contributed by atoms with E-state index in [4.69, 9.17) is 14.2 Å². The Labute approximate surface area is 176 Å². The smallest absolute Gasteiger partial charge is 0.228 e. The van der Waals surface area contributed by atoms with E-state index in [2.05, 4.69) is 26.2 Å². The van der Waals surface area contributed by atoms with Gasteiger partial charge in [-0.1, -0.05) is 15.9 Å². The molecule has 1 aliphatic heterocycles. The highest BCUT2D eigenvalue weighted by Crippen LogP contribution is 2.35. The second kappa shape index (κ2) is 8.57. The molecule has 0 aliphatic carbocycles. The van der Waals surface area contributed by atoms with E-state index in [1.54, 1.807) is 6.20 Å². The predicted molar refractivity (Wildman–Crippen MR) is 111 cm³/mol. The van der Waals surface area contributed by atoms with Gasteiger partial charge in [-0.25, -0.2) is 4.98 Å². The van der Waals surface area contributed by atoms with Crippen molar-refractivity contribution in [1.29, 1.82) is 0 Å². The molecule has 8 heteroatoms. The maximum absolute atomic E-state index is 12.5. The van der Waals surface area contributed by atoms with Crippen molar-refractivity contribution in [3.05, 3.63) is 64.7 Å². The number of nitrogens with zero attached hydrogens (tertiary/aromatic N) is 2. The monoisotopic (exact) mass is 457 g/mol. The molecule has 1 aliphatic rings. The van der Waals surface area contributed by atoms with Crippen LogP contribution in [0.25, 0.3) is 0 Å². The highest BCUT2D eigenvalue weighted by molar-refractivity contribution is 9.10. The van der Waals surface area contributed by atoms with Gasteiger partial charge in [-0.05, 0) is 42.0 Å². The lowest BCUT2D eigenvalue weighted by Gasteiger charge is -2.19. The highest BCUT2D eigenvalue weighted by Gasteiger charge is 2.16. The fraction of sp³-hybridized carbons (Fsp3) is 0.238. The van der Waals surface area contributed by atoms with Crippen molar-refractivity contribution in [3.63, 3.8) is 0 Å². The zero-order valence-corrected chi connectivity index (χ0v) is 17.4. The lowest BCUT2D eigenvalue weighted by atomic mass is 10.1. The third kappa shape index (κ3) is 4.71. The Balaban J connectivity index is 1.34. The van der Waals surface area contributed by atoms with Gasteiger partial charge >= 0.3 is 0 Å². The number of hydrogen-bond donors (Lipinski definition) is 1. The van der Waals surface area contributed by atoms with E-state index >= 15 is 0 Å². The quantitative estimate of drug-likeness (QED) is 0.610. The molecule has 0 saturated heterocycles. The number of ether oxygens (including phenoxy) is 3. The molecule has 29 heavy (non-hydrogen) atoms. The average molecular weight is 458 g/mol. The summed E-state index contributed by atoms with van der Waals surface area (Å²) in [6.07, 6.45) is 3.82. The predicted octanol–water partition coefficient (Wildman–Crippen LogP) is 3.71. The van der Waals surface area contributed by atoms with Crippen LogP contribution in [0.3, 0.4) is 0 Å². The standard InChI is InChI=1S/C21H20BrN3O4/c1-25-7-6-23-20(25)13-29-16-4-2-15(3-5-16)24-21(26)11-14-10-18-19(12-17(14)22)28-9-8-27-18/h2-7,10,12H,8-9,11,13H2,1H3,(H,24,26). The molecule has 2 heterocycles. The van der Waals surface area contributed by atoms with Crippen LogP contribution >= 0.6 is 15.9 Å². The Hall–Kier alpha value is -3.00. The van der Waals surface area contributed by atoms with Crippen LogP contribution in [0.1, 0.15) is 11.4 Å². The summed E-state index contributed by atoms with van der Waals surface area (Å²) >= 11 is 3.50. The van der Waals surface area contributed by atoms with Gasteiger partial charge in [0.05, 0.1) is 6.42 Å². The number of fused-ring (bicyclic) bond motifs is 1. The third-order valence-corrected chi connectivity index (χ3v) is 5.23. The molecule has 2 aromatic carbocycles. The van der Waals surface area contributed by atoms with Crippen molar-refractivity contribution in [2.24, 2.45) is 7.05 Å². The number of halogens is 1. The number of aromatic nitrogens is 2. The maximum atomic E-state index is 12.5. The molecule has 1 amide bonds. The van der Waals surface area contributed by atoms with Crippen molar-refractivity contribution < 1.29 is 19.0 Å². The molecular formula is C21H20BrN3O4. The second-order valence-corrected chi connectivity index (χ2v) is 7.43. The molecule has 0 bridgehead atoms. The van der Waals surface area contributed by atoms with Gasteiger partial charge in [-0.15, -0.1) is 0 Å². The first-order valence-corrected chi connectivity index (χ1v) is 9.95. The fourth-order valence-electron chi connectivity index (χ4n) is 2.94. The average Bonchev–Trinajstić information content (AvgIpc) is 3.13. The van der Waals surface area contributed by atoms with Crippen LogP contribution in [-0.2, 0) is 24.9 Å². The summed E-state index contributed by atoms with van der Waals surface area (Å²) in [5.41, 5.74) is 1.54. The molecule has 0 fully saturated rings. The lowest BCUT2D eigenvalue weighted by molar-refractivity contribution is -0.115. The fourth-order valence-corrected chi connectivity index (χ4v) is 3.40. The molecule has 0 unspecified atom stereocenters. The van der Waals surface area contributed by atoms with Crippen LogP contribution in [0.15, 0.2) is 53.3 Å². The number of imidazole rings is 1. The lowest BCUT2D eigenvalue weighted by Crippen LogP contribution is -2.17. The molecule has 1 aromatic heterocycles. The topological polar surface area (TPSA) is 74.6 Å². The molecule has 0 spiro atoms. The largest absolute Gasteiger partial charge is 0.486 e. The van der Waals surface area contributed by atoms with Crippen LogP contribution < -0.4 is 19.5 Å². The summed E-state index contributed by atoms with van der Waals surface area (Å²) in [6.45, 7) is 1.42. The number of rotatable bonds is 6. The zero-order chi connectivity index (χ0) is 20.2. The summed E-state index contributed by atoms with van der Waals surface area (Å²) in [4.78, 5) is 16.7. The van der Waals surface area contributed by atoms with Gasteiger partial charge < -0.3 is 24.1 Å². The number of amides is 1. The van der Waals surface area contributed by atoms with Crippen LogP contribution in [0.5, 0.6) is 17.2 Å². The van der Waals surface area contributed by atoms with Gasteiger partial charge in [0.1, 0.15) is 31.4 Å². The van der Waals surface area contributed by atoms with E-state index in [-0.39, 0.29) is 12.3 Å². The molecule has 0 radical (unpaired) electrons. The number of anilines is 1. The van der Waals surface area contributed by atoms with Crippen LogP contribution in [-0.4, -0.2) is 28.7 Å². The highest BCUT2D eigenvalue weighted by atomic mass is 79.9. The second-order valence-electron chi connectivity index (χ2n) is 6.58. The number of carbonyl (C=O) groups excluding carboxylic acids is 1. The van der Waals surface area contributed by atoms with Crippen molar-refractivity contribution in [2.45, 2.75) is 13.0 Å². The van der Waals surface area contributed by atoms with Gasteiger partial charge in [0.15, 0.2) is 11.5 Å². The van der Waals surface area contributed by atoms with E-state index in [0.717, 1.165) is 15.9 Å². The Morgan fingerprint density at radius 2 is 1.93 bits per heavy atom. The SMILES string of the molecule is Cn1ccnc1COc1ccc(NC(=O)Cc2cc3c(cc2Br)OCCO3)cc1. The Bertz CT molecular complexity index is 1020. The maximum Gasteiger partial charge on any atom is 0.228 e. The molecule has 0 atom stereocenters. The van der Waals surface area contributed by atoms with Gasteiger partial charge in [-0.3, -0.25) is 4.79 Å². The Morgan fingerprint density at radius 3 is 2.62 bits per heavy atom. The molecule has 4 rings (SSSR count). The van der Waals surface area contributed by atoms with Crippen molar-refractivity contribution >= 4 is 27.5 Å². The number of benzene rings is 2. The van der Waals surface area contributed by atoms with E-state index in [1.807, 2.05) is 54.2 Å². The Kier molecular flexibility index (Phi) is 5.71. The molecule has 7 nitrogen and oxygen atoms in total. The first kappa shape index (κ1) is 19.3. The molecule has 3 aromatic rings. The normalized spacial score (nSPS) is 12.5. The summed E-state index contributed by atoms with van der Waals surface area (Å²) < 4.78 is 19.6. The van der Waals surface area contributed by atoms with E-state index in [0.29, 0.717) is 42.8 Å². The first-order valence-electron chi connectivity index (χ1n) is 9.15. The molecular weight excluding hydrogens is 438 g/mol. The van der Waals surface area contributed by atoms with Gasteiger partial charge in [0.25, 0.3) is 0 Å². The van der Waals surface area contributed by atoms with Gasteiger partial charge in [0.2, 0.25) is 5.91 Å². The third-order valence-electron chi connectivity index (χ3n) is 4.49. The number of hydrogen-bond acceptors (Lipinski definition) is 5. The van der Waals surface area contributed by atoms with E-state index in [9.17, 15) is 4.79 Å². The Morgan fingerprint density at radius 1 is 1.21 bits per heavy atom. The number of nitrogens with one attached hydrogen (secondary N) is 1. The number of carbonyl (C=O) groups is 1. The van der Waals surface area contributed by atoms with Crippen molar-refractivity contribution in [2.75, 3.05) is 18.5 Å². The number of aryl methyl sites for hydroxylation is 1. The van der Waals surface area contributed by atoms with Crippen LogP contribution in [0.2, 0.25) is 0 Å². The molecule has 150 valence electrons. The molecule has 1 N–H and O–H groups in total. The van der Waals surface area contributed by atoms with Crippen molar-refractivity contribution in [3.8, 4) is 17.2 Å². The summed E-state index contributed by atoms with van der Waals surface area (Å²) in [7, 11) is 1.92. The minimum atomic E-state index is -0.121. The van der Waals surface area contributed by atoms with Crippen LogP contribution in [0, 0.1) is 0 Å². The van der Waals surface area contributed by atoms with Gasteiger partial charge in [-0.2, -0.15) is 0 Å². The van der Waals surface area contributed by atoms with Crippen LogP contribution in [0.4, 0.5) is 5.69 Å². The minimum Gasteiger partial charge on any atom is -0.486 e. The molecule has 0 saturated carbocycles. The minimum absolute atomic E-state index is 0.121. The van der Waals surface area contributed by atoms with E-state index in [1.165, 1.54) is 0 Å². The van der Waals surface area contributed by atoms with E-state index < -0.39 is 0 Å². The zero-order valence-electron chi connectivity index (χ0n) is 15.9. The first-order chi connectivity index (χ1) is 14.1. The van der Waals surface area contributed by atoms with Gasteiger partial charge in [0, 0.05) is 29.6 Å². The summed E-state index contributed by atoms with van der Waals surface area (Å²) in [6, 6.07) is 10.9. The summed E-state index contributed by atoms with van der Waals surface area (Å²) in [5.74, 6) is 2.78. The summed E-state index contributed by atoms with van der Waals surface area (Å²) in [5, 5.41) is 2.90. The van der Waals surface area contributed by atoms with Crippen molar-refractivity contribution in [1.82, 2.24) is 9.55 Å².